The SMILES string of the molecule is CC(CS(C)=O)NCCN1CCOCC1. The predicted octanol–water partition coefficient (Wildman–Crippen LogP) is -0.325. The van der Waals surface area contributed by atoms with E-state index in [0.717, 1.165) is 45.1 Å². The summed E-state index contributed by atoms with van der Waals surface area (Å²) in [6.45, 7) is 7.90. The Hall–Kier alpha value is 0.0300. The van der Waals surface area contributed by atoms with Crippen molar-refractivity contribution < 1.29 is 8.95 Å². The van der Waals surface area contributed by atoms with Crippen LogP contribution < -0.4 is 5.32 Å². The van der Waals surface area contributed by atoms with Crippen molar-refractivity contribution in [2.24, 2.45) is 0 Å². The van der Waals surface area contributed by atoms with E-state index in [9.17, 15) is 4.21 Å². The maximum atomic E-state index is 11.0. The zero-order chi connectivity index (χ0) is 11.1. The molecule has 1 saturated heterocycles. The van der Waals surface area contributed by atoms with Crippen molar-refractivity contribution in [1.82, 2.24) is 10.2 Å². The van der Waals surface area contributed by atoms with Gasteiger partial charge in [0.05, 0.1) is 13.2 Å². The molecule has 0 radical (unpaired) electrons. The first-order chi connectivity index (χ1) is 7.18. The zero-order valence-electron chi connectivity index (χ0n) is 9.70. The smallest absolute Gasteiger partial charge is 0.0594 e. The van der Waals surface area contributed by atoms with E-state index in [4.69, 9.17) is 4.74 Å². The summed E-state index contributed by atoms with van der Waals surface area (Å²) in [5.41, 5.74) is 0. The third-order valence-electron chi connectivity index (χ3n) is 2.51. The summed E-state index contributed by atoms with van der Waals surface area (Å²) in [6.07, 6.45) is 1.75. The third-order valence-corrected chi connectivity index (χ3v) is 3.48. The highest BCUT2D eigenvalue weighted by atomic mass is 32.2. The van der Waals surface area contributed by atoms with Crippen molar-refractivity contribution in [3.8, 4) is 0 Å². The Morgan fingerprint density at radius 3 is 2.73 bits per heavy atom. The predicted molar refractivity (Wildman–Crippen MR) is 63.7 cm³/mol. The van der Waals surface area contributed by atoms with Gasteiger partial charge in [0.2, 0.25) is 0 Å². The average molecular weight is 234 g/mol. The minimum absolute atomic E-state index is 0.344. The molecule has 5 heteroatoms. The summed E-state index contributed by atoms with van der Waals surface area (Å²) < 4.78 is 16.2. The molecule has 0 aromatic rings. The van der Waals surface area contributed by atoms with E-state index < -0.39 is 10.8 Å². The van der Waals surface area contributed by atoms with Crippen molar-refractivity contribution in [3.05, 3.63) is 0 Å². The molecule has 1 rings (SSSR count). The molecule has 0 aliphatic carbocycles. The van der Waals surface area contributed by atoms with Crippen molar-refractivity contribution in [2.45, 2.75) is 13.0 Å². The van der Waals surface area contributed by atoms with Crippen LogP contribution in [0.3, 0.4) is 0 Å². The van der Waals surface area contributed by atoms with Gasteiger partial charge in [0.15, 0.2) is 0 Å². The normalized spacial score (nSPS) is 22.5. The van der Waals surface area contributed by atoms with Crippen molar-refractivity contribution in [3.63, 3.8) is 0 Å². The van der Waals surface area contributed by atoms with Crippen LogP contribution in [0.5, 0.6) is 0 Å². The lowest BCUT2D eigenvalue weighted by Gasteiger charge is -2.27. The highest BCUT2D eigenvalue weighted by molar-refractivity contribution is 7.84. The number of nitrogens with one attached hydrogen (secondary N) is 1. The monoisotopic (exact) mass is 234 g/mol. The molecule has 0 bridgehead atoms. The Kier molecular flexibility index (Phi) is 6.40. The molecule has 1 fully saturated rings. The van der Waals surface area contributed by atoms with Crippen molar-refractivity contribution in [2.75, 3.05) is 51.4 Å². The van der Waals surface area contributed by atoms with Gasteiger partial charge in [-0.2, -0.15) is 0 Å². The van der Waals surface area contributed by atoms with E-state index in [1.54, 1.807) is 6.26 Å². The van der Waals surface area contributed by atoms with Gasteiger partial charge in [-0.3, -0.25) is 9.11 Å². The van der Waals surface area contributed by atoms with Gasteiger partial charge in [0.1, 0.15) is 0 Å². The van der Waals surface area contributed by atoms with E-state index in [0.29, 0.717) is 6.04 Å². The van der Waals surface area contributed by atoms with Crippen LogP contribution in [0.25, 0.3) is 0 Å². The van der Waals surface area contributed by atoms with Gasteiger partial charge in [-0.1, -0.05) is 0 Å². The molecular formula is C10H22N2O2S. The zero-order valence-corrected chi connectivity index (χ0v) is 10.5. The van der Waals surface area contributed by atoms with Crippen LogP contribution in [0.2, 0.25) is 0 Å². The molecule has 90 valence electrons. The maximum Gasteiger partial charge on any atom is 0.0594 e. The molecule has 4 nitrogen and oxygen atoms in total. The van der Waals surface area contributed by atoms with E-state index in [1.807, 2.05) is 0 Å². The topological polar surface area (TPSA) is 41.6 Å². The lowest BCUT2D eigenvalue weighted by atomic mass is 10.3. The summed E-state index contributed by atoms with van der Waals surface area (Å²) in [7, 11) is -0.700. The first-order valence-electron chi connectivity index (χ1n) is 5.52. The Morgan fingerprint density at radius 1 is 1.47 bits per heavy atom. The van der Waals surface area contributed by atoms with Crippen LogP contribution in [0.1, 0.15) is 6.92 Å². The summed E-state index contributed by atoms with van der Waals surface area (Å²) in [5, 5.41) is 3.39. The second kappa shape index (κ2) is 7.33. The van der Waals surface area contributed by atoms with E-state index in [1.165, 1.54) is 0 Å². The summed E-state index contributed by atoms with van der Waals surface area (Å²) >= 11 is 0. The van der Waals surface area contributed by atoms with Gasteiger partial charge in [-0.15, -0.1) is 0 Å². The second-order valence-electron chi connectivity index (χ2n) is 4.05. The van der Waals surface area contributed by atoms with E-state index in [2.05, 4.69) is 17.1 Å². The molecule has 0 spiro atoms. The molecule has 1 heterocycles. The van der Waals surface area contributed by atoms with Gasteiger partial charge in [0.25, 0.3) is 0 Å². The highest BCUT2D eigenvalue weighted by Crippen LogP contribution is 1.95. The lowest BCUT2D eigenvalue weighted by molar-refractivity contribution is 0.0382. The van der Waals surface area contributed by atoms with Gasteiger partial charge in [-0.05, 0) is 6.92 Å². The van der Waals surface area contributed by atoms with Crippen molar-refractivity contribution >= 4 is 10.8 Å². The molecule has 0 amide bonds. The van der Waals surface area contributed by atoms with Crippen LogP contribution in [0.4, 0.5) is 0 Å². The van der Waals surface area contributed by atoms with Gasteiger partial charge >= 0.3 is 0 Å². The molecule has 1 aliphatic rings. The minimum atomic E-state index is -0.700. The molecule has 1 aliphatic heterocycles. The average Bonchev–Trinajstić information content (AvgIpc) is 2.18. The van der Waals surface area contributed by atoms with Gasteiger partial charge in [0, 0.05) is 55.0 Å². The third kappa shape index (κ3) is 6.25. The Balaban J connectivity index is 2.02. The Labute approximate surface area is 94.8 Å². The summed E-state index contributed by atoms with van der Waals surface area (Å²) in [6, 6.07) is 0.344. The van der Waals surface area contributed by atoms with Crippen LogP contribution >= 0.6 is 0 Å². The maximum absolute atomic E-state index is 11.0. The van der Waals surface area contributed by atoms with E-state index >= 15 is 0 Å². The molecule has 0 aromatic heterocycles. The first kappa shape index (κ1) is 13.1. The molecule has 15 heavy (non-hydrogen) atoms. The van der Waals surface area contributed by atoms with Crippen LogP contribution in [-0.2, 0) is 15.5 Å². The quantitative estimate of drug-likeness (QED) is 0.684. The number of morpholine rings is 1. The fraction of sp³-hybridized carbons (Fsp3) is 1.00. The van der Waals surface area contributed by atoms with Gasteiger partial charge < -0.3 is 10.1 Å². The minimum Gasteiger partial charge on any atom is -0.379 e. The fourth-order valence-corrected chi connectivity index (χ4v) is 2.53. The molecule has 2 atom stereocenters. The number of nitrogens with zero attached hydrogens (tertiary/aromatic N) is 1. The molecule has 1 N–H and O–H groups in total. The number of hydrogen-bond donors (Lipinski definition) is 1. The summed E-state index contributed by atoms with van der Waals surface area (Å²) in [4.78, 5) is 2.39. The van der Waals surface area contributed by atoms with Crippen LogP contribution in [0, 0.1) is 0 Å². The molecule has 0 aromatic carbocycles. The van der Waals surface area contributed by atoms with E-state index in [-0.39, 0.29) is 0 Å². The standard InChI is InChI=1S/C10H22N2O2S/c1-10(9-15(2)13)11-3-4-12-5-7-14-8-6-12/h10-11H,3-9H2,1-2H3. The van der Waals surface area contributed by atoms with Crippen LogP contribution in [-0.4, -0.2) is 66.6 Å². The second-order valence-corrected chi connectivity index (χ2v) is 5.53. The Bertz CT molecular complexity index is 196. The number of ether oxygens (including phenoxy) is 1. The molecule has 2 unspecified atom stereocenters. The van der Waals surface area contributed by atoms with Crippen LogP contribution in [0.15, 0.2) is 0 Å². The number of rotatable bonds is 6. The largest absolute Gasteiger partial charge is 0.379 e. The molecular weight excluding hydrogens is 212 g/mol. The molecule has 0 saturated carbocycles. The first-order valence-corrected chi connectivity index (χ1v) is 7.24. The summed E-state index contributed by atoms with van der Waals surface area (Å²) in [5.74, 6) is 0.739. The fourth-order valence-electron chi connectivity index (χ4n) is 1.70. The highest BCUT2D eigenvalue weighted by Gasteiger charge is 2.10. The van der Waals surface area contributed by atoms with Crippen molar-refractivity contribution in [1.29, 1.82) is 0 Å². The lowest BCUT2D eigenvalue weighted by Crippen LogP contribution is -2.42. The Morgan fingerprint density at radius 2 is 2.13 bits per heavy atom. The number of hydrogen-bond acceptors (Lipinski definition) is 4. The van der Waals surface area contributed by atoms with Gasteiger partial charge in [-0.25, -0.2) is 0 Å².